The van der Waals surface area contributed by atoms with Crippen molar-refractivity contribution in [3.05, 3.63) is 56.6 Å². The Labute approximate surface area is 178 Å². The molecule has 0 aliphatic heterocycles. The maximum Gasteiger partial charge on any atom is 0.240 e. The predicted molar refractivity (Wildman–Crippen MR) is 116 cm³/mol. The number of carbonyl (C=O) groups excluding carboxylic acids is 1. The molecule has 1 N–H and O–H groups in total. The Hall–Kier alpha value is -1.52. The number of hydrogen-bond acceptors (Lipinski definition) is 4. The molecule has 0 fully saturated rings. The van der Waals surface area contributed by atoms with Crippen LogP contribution in [-0.4, -0.2) is 40.3 Å². The Balaban J connectivity index is 1.88. The first-order valence-electron chi connectivity index (χ1n) is 8.06. The second kappa shape index (κ2) is 9.61. The van der Waals surface area contributed by atoms with Crippen LogP contribution >= 0.6 is 34.2 Å². The number of benzene rings is 2. The van der Waals surface area contributed by atoms with Crippen molar-refractivity contribution in [2.24, 2.45) is 0 Å². The molecule has 9 heteroatoms. The van der Waals surface area contributed by atoms with Crippen LogP contribution in [-0.2, 0) is 14.8 Å². The molecule has 6 nitrogen and oxygen atoms in total. The van der Waals surface area contributed by atoms with E-state index in [1.807, 2.05) is 13.0 Å². The number of amides is 1. The van der Waals surface area contributed by atoms with E-state index in [-0.39, 0.29) is 19.7 Å². The molecular formula is C18H20ClIN2O4S. The topological polar surface area (TPSA) is 75.7 Å². The van der Waals surface area contributed by atoms with Crippen molar-refractivity contribution in [3.8, 4) is 5.75 Å². The lowest BCUT2D eigenvalue weighted by Crippen LogP contribution is -2.41. The fourth-order valence-electron chi connectivity index (χ4n) is 2.22. The third-order valence-electron chi connectivity index (χ3n) is 3.64. The SMILES string of the molecule is Cc1ccc(OCCNC(=O)CN(c2ccc(I)cc2)S(C)(=O)=O)cc1Cl. The summed E-state index contributed by atoms with van der Waals surface area (Å²) in [6.07, 6.45) is 1.07. The van der Waals surface area contributed by atoms with Crippen LogP contribution in [0.1, 0.15) is 5.56 Å². The van der Waals surface area contributed by atoms with Gasteiger partial charge in [-0.05, 0) is 71.5 Å². The van der Waals surface area contributed by atoms with Crippen LogP contribution in [0.2, 0.25) is 5.02 Å². The smallest absolute Gasteiger partial charge is 0.240 e. The molecule has 1 amide bonds. The number of nitrogens with zero attached hydrogens (tertiary/aromatic N) is 1. The summed E-state index contributed by atoms with van der Waals surface area (Å²) in [5, 5.41) is 3.27. The van der Waals surface area contributed by atoms with Crippen molar-refractivity contribution >= 4 is 55.8 Å². The number of rotatable bonds is 8. The Morgan fingerprint density at radius 2 is 1.89 bits per heavy atom. The van der Waals surface area contributed by atoms with Crippen LogP contribution in [0.3, 0.4) is 0 Å². The Morgan fingerprint density at radius 1 is 1.22 bits per heavy atom. The van der Waals surface area contributed by atoms with Crippen molar-refractivity contribution in [3.63, 3.8) is 0 Å². The van der Waals surface area contributed by atoms with E-state index in [0.29, 0.717) is 16.5 Å². The molecule has 0 aliphatic rings. The van der Waals surface area contributed by atoms with Gasteiger partial charge in [0.1, 0.15) is 18.9 Å². The summed E-state index contributed by atoms with van der Waals surface area (Å²) < 4.78 is 31.6. The zero-order valence-electron chi connectivity index (χ0n) is 14.9. The van der Waals surface area contributed by atoms with Crippen LogP contribution in [0.15, 0.2) is 42.5 Å². The number of nitrogens with one attached hydrogen (secondary N) is 1. The van der Waals surface area contributed by atoms with Gasteiger partial charge in [0.2, 0.25) is 15.9 Å². The van der Waals surface area contributed by atoms with Gasteiger partial charge < -0.3 is 10.1 Å². The molecule has 0 bridgehead atoms. The van der Waals surface area contributed by atoms with Gasteiger partial charge in [0.05, 0.1) is 18.5 Å². The van der Waals surface area contributed by atoms with Gasteiger partial charge in [-0.3, -0.25) is 9.10 Å². The van der Waals surface area contributed by atoms with E-state index < -0.39 is 15.9 Å². The number of sulfonamides is 1. The molecule has 0 unspecified atom stereocenters. The first-order chi connectivity index (χ1) is 12.7. The lowest BCUT2D eigenvalue weighted by Gasteiger charge is -2.22. The number of anilines is 1. The second-order valence-electron chi connectivity index (χ2n) is 5.86. The van der Waals surface area contributed by atoms with Gasteiger partial charge in [0, 0.05) is 8.59 Å². The van der Waals surface area contributed by atoms with Crippen LogP contribution < -0.4 is 14.4 Å². The van der Waals surface area contributed by atoms with Crippen molar-refractivity contribution in [1.29, 1.82) is 0 Å². The molecule has 2 aromatic carbocycles. The molecule has 27 heavy (non-hydrogen) atoms. The van der Waals surface area contributed by atoms with Crippen LogP contribution in [0, 0.1) is 10.5 Å². The van der Waals surface area contributed by atoms with Crippen molar-refractivity contribution in [2.75, 3.05) is 30.3 Å². The van der Waals surface area contributed by atoms with E-state index >= 15 is 0 Å². The molecule has 0 saturated carbocycles. The van der Waals surface area contributed by atoms with Crippen LogP contribution in [0.25, 0.3) is 0 Å². The van der Waals surface area contributed by atoms with E-state index in [2.05, 4.69) is 27.9 Å². The summed E-state index contributed by atoms with van der Waals surface area (Å²) in [5.41, 5.74) is 1.40. The third-order valence-corrected chi connectivity index (χ3v) is 5.91. The molecule has 0 radical (unpaired) electrons. The summed E-state index contributed by atoms with van der Waals surface area (Å²) in [5.74, 6) is 0.195. The van der Waals surface area contributed by atoms with E-state index in [0.717, 1.165) is 19.7 Å². The molecule has 0 heterocycles. The van der Waals surface area contributed by atoms with Crippen molar-refractivity contribution in [2.45, 2.75) is 6.92 Å². The third kappa shape index (κ3) is 6.86. The maximum atomic E-state index is 12.2. The van der Waals surface area contributed by atoms with Crippen molar-refractivity contribution in [1.82, 2.24) is 5.32 Å². The summed E-state index contributed by atoms with van der Waals surface area (Å²) >= 11 is 8.16. The number of carbonyl (C=O) groups is 1. The highest BCUT2D eigenvalue weighted by Gasteiger charge is 2.20. The minimum atomic E-state index is -3.58. The van der Waals surface area contributed by atoms with Gasteiger partial charge in [-0.2, -0.15) is 0 Å². The quantitative estimate of drug-likeness (QED) is 0.427. The fourth-order valence-corrected chi connectivity index (χ4v) is 3.60. The predicted octanol–water partition coefficient (Wildman–Crippen LogP) is 3.21. The monoisotopic (exact) mass is 522 g/mol. The summed E-state index contributed by atoms with van der Waals surface area (Å²) in [6.45, 7) is 2.09. The summed E-state index contributed by atoms with van der Waals surface area (Å²) in [7, 11) is -3.58. The minimum Gasteiger partial charge on any atom is -0.492 e. The molecule has 0 aliphatic carbocycles. The van der Waals surface area contributed by atoms with E-state index in [1.54, 1.807) is 36.4 Å². The van der Waals surface area contributed by atoms with Gasteiger partial charge in [0.15, 0.2) is 0 Å². The fraction of sp³-hybridized carbons (Fsp3) is 0.278. The number of halogens is 2. The average Bonchev–Trinajstić information content (AvgIpc) is 2.59. The number of aryl methyl sites for hydroxylation is 1. The average molecular weight is 523 g/mol. The van der Waals surface area contributed by atoms with Gasteiger partial charge in [-0.25, -0.2) is 8.42 Å². The zero-order chi connectivity index (χ0) is 20.0. The molecule has 2 rings (SSSR count). The van der Waals surface area contributed by atoms with E-state index in [4.69, 9.17) is 16.3 Å². The molecule has 146 valence electrons. The van der Waals surface area contributed by atoms with E-state index in [1.165, 1.54) is 0 Å². The lowest BCUT2D eigenvalue weighted by molar-refractivity contribution is -0.119. The summed E-state index contributed by atoms with van der Waals surface area (Å²) in [6, 6.07) is 12.3. The summed E-state index contributed by atoms with van der Waals surface area (Å²) in [4.78, 5) is 12.2. The maximum absolute atomic E-state index is 12.2. The molecule has 2 aromatic rings. The molecule has 0 saturated heterocycles. The Kier molecular flexibility index (Phi) is 7.75. The highest BCUT2D eigenvalue weighted by atomic mass is 127. The Bertz CT molecular complexity index is 904. The lowest BCUT2D eigenvalue weighted by atomic mass is 10.2. The van der Waals surface area contributed by atoms with E-state index in [9.17, 15) is 13.2 Å². The highest BCUT2D eigenvalue weighted by molar-refractivity contribution is 14.1. The first kappa shape index (κ1) is 21.8. The van der Waals surface area contributed by atoms with Crippen LogP contribution in [0.5, 0.6) is 5.75 Å². The van der Waals surface area contributed by atoms with Crippen LogP contribution in [0.4, 0.5) is 5.69 Å². The zero-order valence-corrected chi connectivity index (χ0v) is 18.6. The van der Waals surface area contributed by atoms with Gasteiger partial charge in [-0.1, -0.05) is 17.7 Å². The minimum absolute atomic E-state index is 0.244. The number of hydrogen-bond donors (Lipinski definition) is 1. The van der Waals surface area contributed by atoms with Gasteiger partial charge >= 0.3 is 0 Å². The molecular weight excluding hydrogens is 503 g/mol. The number of ether oxygens (including phenoxy) is 1. The largest absolute Gasteiger partial charge is 0.492 e. The molecule has 0 atom stereocenters. The normalized spacial score (nSPS) is 11.1. The van der Waals surface area contributed by atoms with Gasteiger partial charge in [0.25, 0.3) is 0 Å². The first-order valence-corrected chi connectivity index (χ1v) is 11.4. The molecule has 0 spiro atoms. The second-order valence-corrected chi connectivity index (χ2v) is 9.42. The molecule has 0 aromatic heterocycles. The van der Waals surface area contributed by atoms with Gasteiger partial charge in [-0.15, -0.1) is 0 Å². The Morgan fingerprint density at radius 3 is 2.48 bits per heavy atom. The highest BCUT2D eigenvalue weighted by Crippen LogP contribution is 2.21. The standard InChI is InChI=1S/C18H20ClIN2O4S/c1-13-3-8-16(11-17(13)19)26-10-9-21-18(23)12-22(27(2,24)25)15-6-4-14(20)5-7-15/h3-8,11H,9-10,12H2,1-2H3,(H,21,23). The van der Waals surface area contributed by atoms with Crippen molar-refractivity contribution < 1.29 is 17.9 Å².